The van der Waals surface area contributed by atoms with E-state index in [-0.39, 0.29) is 30.1 Å². The van der Waals surface area contributed by atoms with Crippen LogP contribution in [0, 0.1) is 0 Å². The van der Waals surface area contributed by atoms with Gasteiger partial charge < -0.3 is 20.3 Å². The SMILES string of the molecule is CCNC(=NCc1ncnn1C)NCCN(C(=O)OC(C)(C)C)C1CC1.I. The van der Waals surface area contributed by atoms with E-state index in [2.05, 4.69) is 25.7 Å². The van der Waals surface area contributed by atoms with Gasteiger partial charge in [0.15, 0.2) is 5.96 Å². The summed E-state index contributed by atoms with van der Waals surface area (Å²) in [4.78, 5) is 22.9. The van der Waals surface area contributed by atoms with Gasteiger partial charge in [-0.2, -0.15) is 5.10 Å². The lowest BCUT2D eigenvalue weighted by Gasteiger charge is -2.27. The molecule has 1 aromatic rings. The highest BCUT2D eigenvalue weighted by Crippen LogP contribution is 2.27. The maximum atomic E-state index is 12.4. The van der Waals surface area contributed by atoms with Crippen LogP contribution in [0.4, 0.5) is 4.79 Å². The number of hydrogen-bond donors (Lipinski definition) is 2. The molecule has 0 aliphatic heterocycles. The zero-order valence-electron chi connectivity index (χ0n) is 16.9. The highest BCUT2D eigenvalue weighted by molar-refractivity contribution is 14.0. The van der Waals surface area contributed by atoms with Crippen molar-refractivity contribution in [3.05, 3.63) is 12.2 Å². The summed E-state index contributed by atoms with van der Waals surface area (Å²) < 4.78 is 7.21. The maximum absolute atomic E-state index is 12.4. The van der Waals surface area contributed by atoms with E-state index < -0.39 is 5.60 Å². The van der Waals surface area contributed by atoms with Crippen molar-refractivity contribution < 1.29 is 9.53 Å². The van der Waals surface area contributed by atoms with Crippen LogP contribution in [0.25, 0.3) is 0 Å². The van der Waals surface area contributed by atoms with E-state index in [0.29, 0.717) is 31.6 Å². The van der Waals surface area contributed by atoms with Gasteiger partial charge in [-0.25, -0.2) is 14.8 Å². The first-order valence-corrected chi connectivity index (χ1v) is 9.15. The molecule has 1 aromatic heterocycles. The molecule has 0 bridgehead atoms. The second-order valence-electron chi connectivity index (χ2n) is 7.33. The van der Waals surface area contributed by atoms with Crippen molar-refractivity contribution >= 4 is 36.0 Å². The van der Waals surface area contributed by atoms with Crippen molar-refractivity contribution in [1.82, 2.24) is 30.3 Å². The number of ether oxygens (including phenoxy) is 1. The Morgan fingerprint density at radius 3 is 2.63 bits per heavy atom. The number of guanidine groups is 1. The molecule has 1 aliphatic rings. The minimum absolute atomic E-state index is 0. The van der Waals surface area contributed by atoms with Gasteiger partial charge in [-0.05, 0) is 40.5 Å². The fourth-order valence-corrected chi connectivity index (χ4v) is 2.38. The quantitative estimate of drug-likeness (QED) is 0.342. The molecule has 0 atom stereocenters. The number of carbonyl (C=O) groups excluding carboxylic acids is 1. The molecule has 0 radical (unpaired) electrons. The minimum Gasteiger partial charge on any atom is -0.444 e. The lowest BCUT2D eigenvalue weighted by molar-refractivity contribution is 0.0238. The summed E-state index contributed by atoms with van der Waals surface area (Å²) in [5, 5.41) is 10.5. The zero-order valence-corrected chi connectivity index (χ0v) is 19.2. The predicted octanol–water partition coefficient (Wildman–Crippen LogP) is 1.89. The van der Waals surface area contributed by atoms with E-state index in [9.17, 15) is 4.79 Å². The van der Waals surface area contributed by atoms with Gasteiger partial charge in [0.1, 0.15) is 24.3 Å². The van der Waals surface area contributed by atoms with E-state index in [1.165, 1.54) is 6.33 Å². The van der Waals surface area contributed by atoms with E-state index in [4.69, 9.17) is 4.74 Å². The van der Waals surface area contributed by atoms with E-state index in [0.717, 1.165) is 25.2 Å². The number of nitrogens with one attached hydrogen (secondary N) is 2. The number of hydrogen-bond acceptors (Lipinski definition) is 5. The maximum Gasteiger partial charge on any atom is 0.410 e. The predicted molar refractivity (Wildman–Crippen MR) is 115 cm³/mol. The van der Waals surface area contributed by atoms with Gasteiger partial charge >= 0.3 is 6.09 Å². The van der Waals surface area contributed by atoms with Crippen molar-refractivity contribution in [2.24, 2.45) is 12.0 Å². The Labute approximate surface area is 178 Å². The highest BCUT2D eigenvalue weighted by atomic mass is 127. The molecule has 1 aliphatic carbocycles. The summed E-state index contributed by atoms with van der Waals surface area (Å²) in [6.45, 7) is 10.0. The average Bonchev–Trinajstić information content (AvgIpc) is 3.29. The second kappa shape index (κ2) is 10.7. The molecule has 1 amide bonds. The normalized spacial score (nSPS) is 14.3. The monoisotopic (exact) mass is 493 g/mol. The van der Waals surface area contributed by atoms with Crippen LogP contribution in [0.3, 0.4) is 0 Å². The summed E-state index contributed by atoms with van der Waals surface area (Å²) in [5.41, 5.74) is -0.482. The van der Waals surface area contributed by atoms with E-state index >= 15 is 0 Å². The van der Waals surface area contributed by atoms with Crippen molar-refractivity contribution in [3.8, 4) is 0 Å². The number of aliphatic imine (C=N–C) groups is 1. The molecule has 0 unspecified atom stereocenters. The molecule has 2 N–H and O–H groups in total. The number of halogens is 1. The molecule has 1 fully saturated rings. The van der Waals surface area contributed by atoms with Crippen molar-refractivity contribution in [2.75, 3.05) is 19.6 Å². The van der Waals surface area contributed by atoms with Crippen LogP contribution in [0.15, 0.2) is 11.3 Å². The molecule has 0 aromatic carbocycles. The highest BCUT2D eigenvalue weighted by Gasteiger charge is 2.34. The Hall–Kier alpha value is -1.59. The average molecular weight is 493 g/mol. The molecule has 10 heteroatoms. The lowest BCUT2D eigenvalue weighted by Crippen LogP contribution is -2.45. The van der Waals surface area contributed by atoms with Crippen LogP contribution >= 0.6 is 24.0 Å². The van der Waals surface area contributed by atoms with Crippen LogP contribution in [-0.2, 0) is 18.3 Å². The third-order valence-corrected chi connectivity index (χ3v) is 3.79. The molecule has 2 rings (SSSR count). The van der Waals surface area contributed by atoms with Crippen LogP contribution < -0.4 is 10.6 Å². The molecule has 27 heavy (non-hydrogen) atoms. The molecular formula is C17H32IN7O2. The van der Waals surface area contributed by atoms with Crippen LogP contribution in [0.5, 0.6) is 0 Å². The van der Waals surface area contributed by atoms with Crippen LogP contribution in [0.1, 0.15) is 46.4 Å². The first-order valence-electron chi connectivity index (χ1n) is 9.15. The number of aromatic nitrogens is 3. The number of amides is 1. The summed E-state index contributed by atoms with van der Waals surface area (Å²) >= 11 is 0. The third-order valence-electron chi connectivity index (χ3n) is 3.79. The number of carbonyl (C=O) groups is 1. The van der Waals surface area contributed by atoms with Gasteiger partial charge in [0.05, 0.1) is 0 Å². The molecular weight excluding hydrogens is 461 g/mol. The van der Waals surface area contributed by atoms with Gasteiger partial charge in [0.2, 0.25) is 0 Å². The second-order valence-corrected chi connectivity index (χ2v) is 7.33. The first-order chi connectivity index (χ1) is 12.3. The Balaban J connectivity index is 0.00000364. The number of rotatable bonds is 7. The topological polar surface area (TPSA) is 96.7 Å². The summed E-state index contributed by atoms with van der Waals surface area (Å²) in [7, 11) is 1.84. The van der Waals surface area contributed by atoms with Crippen LogP contribution in [-0.4, -0.2) is 63.0 Å². The summed E-state index contributed by atoms with van der Waals surface area (Å²) in [6.07, 6.45) is 3.35. The largest absolute Gasteiger partial charge is 0.444 e. The molecule has 0 spiro atoms. The molecule has 0 saturated heterocycles. The zero-order chi connectivity index (χ0) is 19.2. The molecule has 1 heterocycles. The van der Waals surface area contributed by atoms with Crippen LogP contribution in [0.2, 0.25) is 0 Å². The third kappa shape index (κ3) is 8.31. The van der Waals surface area contributed by atoms with Gasteiger partial charge in [-0.3, -0.25) is 4.68 Å². The molecule has 9 nitrogen and oxygen atoms in total. The van der Waals surface area contributed by atoms with Crippen molar-refractivity contribution in [3.63, 3.8) is 0 Å². The smallest absolute Gasteiger partial charge is 0.410 e. The standard InChI is InChI=1S/C17H31N7O2.HI/c1-6-18-15(20-11-14-21-12-22-23(14)5)19-9-10-24(13-7-8-13)16(25)26-17(2,3)4;/h12-13H,6-11H2,1-5H3,(H2,18,19,20);1H. The molecule has 1 saturated carbocycles. The number of aryl methyl sites for hydroxylation is 1. The fourth-order valence-electron chi connectivity index (χ4n) is 2.38. The van der Waals surface area contributed by atoms with Gasteiger partial charge in [-0.15, -0.1) is 24.0 Å². The van der Waals surface area contributed by atoms with Crippen molar-refractivity contribution in [2.45, 2.75) is 58.7 Å². The van der Waals surface area contributed by atoms with Gasteiger partial charge in [0.25, 0.3) is 0 Å². The molecule has 154 valence electrons. The van der Waals surface area contributed by atoms with Gasteiger partial charge in [-0.1, -0.05) is 0 Å². The summed E-state index contributed by atoms with van der Waals surface area (Å²) in [5.74, 6) is 1.48. The fraction of sp³-hybridized carbons (Fsp3) is 0.765. The van der Waals surface area contributed by atoms with E-state index in [1.54, 1.807) is 4.68 Å². The van der Waals surface area contributed by atoms with E-state index in [1.807, 2.05) is 39.6 Å². The Kier molecular flexibility index (Phi) is 9.27. The first kappa shape index (κ1) is 23.4. The van der Waals surface area contributed by atoms with Gasteiger partial charge in [0, 0.05) is 32.7 Å². The number of nitrogens with zero attached hydrogens (tertiary/aromatic N) is 5. The lowest BCUT2D eigenvalue weighted by atomic mass is 10.2. The Bertz CT molecular complexity index is 623. The Morgan fingerprint density at radius 2 is 2.11 bits per heavy atom. The minimum atomic E-state index is -0.482. The van der Waals surface area contributed by atoms with Crippen molar-refractivity contribution in [1.29, 1.82) is 0 Å². The Morgan fingerprint density at radius 1 is 1.41 bits per heavy atom. The summed E-state index contributed by atoms with van der Waals surface area (Å²) in [6, 6.07) is 0.296.